The molecule has 2 aromatic carbocycles. The molecule has 0 aliphatic rings. The molecule has 21 heavy (non-hydrogen) atoms. The summed E-state index contributed by atoms with van der Waals surface area (Å²) in [6.07, 6.45) is 0. The van der Waals surface area contributed by atoms with E-state index in [1.807, 2.05) is 25.2 Å². The monoisotopic (exact) mass is 303 g/mol. The SMILES string of the molecule is Cc1cccc(CN(C)c2ccc(C(N)=NO)c(Cl)c2)c1. The molecule has 5 heteroatoms. The second-order valence-electron chi connectivity index (χ2n) is 4.99. The summed E-state index contributed by atoms with van der Waals surface area (Å²) >= 11 is 6.18. The van der Waals surface area contributed by atoms with E-state index in [1.54, 1.807) is 6.07 Å². The van der Waals surface area contributed by atoms with E-state index in [2.05, 4.69) is 35.2 Å². The van der Waals surface area contributed by atoms with Gasteiger partial charge in [0, 0.05) is 24.8 Å². The first-order chi connectivity index (χ1) is 10.0. The minimum absolute atomic E-state index is 0.00730. The smallest absolute Gasteiger partial charge is 0.171 e. The Labute approximate surface area is 129 Å². The number of oxime groups is 1. The molecule has 110 valence electrons. The summed E-state index contributed by atoms with van der Waals surface area (Å²) in [4.78, 5) is 2.09. The number of aryl methyl sites for hydroxylation is 1. The first-order valence-corrected chi connectivity index (χ1v) is 6.93. The van der Waals surface area contributed by atoms with Crippen LogP contribution in [0.2, 0.25) is 5.02 Å². The zero-order valence-electron chi connectivity index (χ0n) is 12.0. The van der Waals surface area contributed by atoms with Crippen molar-refractivity contribution >= 4 is 23.1 Å². The number of halogens is 1. The Kier molecular flexibility index (Phi) is 4.70. The predicted molar refractivity (Wildman–Crippen MR) is 87.2 cm³/mol. The van der Waals surface area contributed by atoms with Gasteiger partial charge in [-0.1, -0.05) is 46.6 Å². The molecule has 4 nitrogen and oxygen atoms in total. The highest BCUT2D eigenvalue weighted by molar-refractivity contribution is 6.34. The maximum Gasteiger partial charge on any atom is 0.171 e. The van der Waals surface area contributed by atoms with E-state index in [-0.39, 0.29) is 5.84 Å². The van der Waals surface area contributed by atoms with Crippen LogP contribution in [0.4, 0.5) is 5.69 Å². The zero-order chi connectivity index (χ0) is 15.4. The Morgan fingerprint density at radius 2 is 2.05 bits per heavy atom. The van der Waals surface area contributed by atoms with Crippen molar-refractivity contribution in [2.45, 2.75) is 13.5 Å². The summed E-state index contributed by atoms with van der Waals surface area (Å²) < 4.78 is 0. The lowest BCUT2D eigenvalue weighted by Gasteiger charge is -2.20. The second kappa shape index (κ2) is 6.50. The first-order valence-electron chi connectivity index (χ1n) is 6.55. The van der Waals surface area contributed by atoms with Crippen LogP contribution >= 0.6 is 11.6 Å². The van der Waals surface area contributed by atoms with E-state index in [9.17, 15) is 0 Å². The fourth-order valence-corrected chi connectivity index (χ4v) is 2.45. The molecule has 2 rings (SSSR count). The summed E-state index contributed by atoms with van der Waals surface area (Å²) in [5.74, 6) is 0.00730. The topological polar surface area (TPSA) is 61.8 Å². The van der Waals surface area contributed by atoms with E-state index in [1.165, 1.54) is 11.1 Å². The average Bonchev–Trinajstić information content (AvgIpc) is 2.46. The Morgan fingerprint density at radius 3 is 2.67 bits per heavy atom. The van der Waals surface area contributed by atoms with Gasteiger partial charge in [-0.15, -0.1) is 0 Å². The molecular weight excluding hydrogens is 286 g/mol. The Bertz CT molecular complexity index is 670. The summed E-state index contributed by atoms with van der Waals surface area (Å²) in [5, 5.41) is 12.1. The van der Waals surface area contributed by atoms with E-state index >= 15 is 0 Å². The summed E-state index contributed by atoms with van der Waals surface area (Å²) in [6.45, 7) is 2.85. The van der Waals surface area contributed by atoms with Crippen LogP contribution in [0, 0.1) is 6.92 Å². The number of hydrogen-bond donors (Lipinski definition) is 2. The molecule has 0 radical (unpaired) electrons. The van der Waals surface area contributed by atoms with Gasteiger partial charge in [0.1, 0.15) is 0 Å². The van der Waals surface area contributed by atoms with Crippen molar-refractivity contribution in [3.8, 4) is 0 Å². The third-order valence-corrected chi connectivity index (χ3v) is 3.59. The fourth-order valence-electron chi connectivity index (χ4n) is 2.18. The van der Waals surface area contributed by atoms with Crippen LogP contribution in [0.25, 0.3) is 0 Å². The van der Waals surface area contributed by atoms with E-state index < -0.39 is 0 Å². The van der Waals surface area contributed by atoms with Gasteiger partial charge in [-0.2, -0.15) is 0 Å². The van der Waals surface area contributed by atoms with Crippen LogP contribution < -0.4 is 10.6 Å². The van der Waals surface area contributed by atoms with Gasteiger partial charge in [-0.3, -0.25) is 0 Å². The van der Waals surface area contributed by atoms with E-state index in [4.69, 9.17) is 22.5 Å². The van der Waals surface area contributed by atoms with Crippen molar-refractivity contribution in [2.75, 3.05) is 11.9 Å². The third kappa shape index (κ3) is 3.67. The minimum Gasteiger partial charge on any atom is -0.409 e. The van der Waals surface area contributed by atoms with E-state index in [0.717, 1.165) is 12.2 Å². The number of benzene rings is 2. The number of anilines is 1. The molecule has 0 atom stereocenters. The lowest BCUT2D eigenvalue weighted by atomic mass is 10.1. The number of rotatable bonds is 4. The maximum atomic E-state index is 8.71. The molecular formula is C16H18ClN3O. The van der Waals surface area contributed by atoms with Crippen molar-refractivity contribution in [2.24, 2.45) is 10.9 Å². The van der Waals surface area contributed by atoms with Gasteiger partial charge in [0.2, 0.25) is 0 Å². The van der Waals surface area contributed by atoms with Crippen molar-refractivity contribution in [1.82, 2.24) is 0 Å². The minimum atomic E-state index is 0.00730. The standard InChI is InChI=1S/C16H18ClN3O/c1-11-4-3-5-12(8-11)10-20(2)13-6-7-14(15(17)9-13)16(18)19-21/h3-9,21H,10H2,1-2H3,(H2,18,19). The van der Waals surface area contributed by atoms with Crippen LogP contribution in [0.15, 0.2) is 47.6 Å². The van der Waals surface area contributed by atoms with Crippen LogP contribution in [0.5, 0.6) is 0 Å². The van der Waals surface area contributed by atoms with Gasteiger partial charge in [0.25, 0.3) is 0 Å². The fraction of sp³-hybridized carbons (Fsp3) is 0.188. The molecule has 0 aromatic heterocycles. The molecule has 0 bridgehead atoms. The van der Waals surface area contributed by atoms with Crippen molar-refractivity contribution in [1.29, 1.82) is 0 Å². The lowest BCUT2D eigenvalue weighted by molar-refractivity contribution is 0.318. The van der Waals surface area contributed by atoms with Crippen LogP contribution in [-0.2, 0) is 6.54 Å². The number of amidine groups is 1. The Morgan fingerprint density at radius 1 is 1.29 bits per heavy atom. The van der Waals surface area contributed by atoms with Gasteiger partial charge in [-0.25, -0.2) is 0 Å². The summed E-state index contributed by atoms with van der Waals surface area (Å²) in [7, 11) is 2.00. The Balaban J connectivity index is 2.20. The molecule has 2 aromatic rings. The highest BCUT2D eigenvalue weighted by Gasteiger charge is 2.09. The highest BCUT2D eigenvalue weighted by atomic mass is 35.5. The maximum absolute atomic E-state index is 8.71. The number of nitrogens with two attached hydrogens (primary N) is 1. The van der Waals surface area contributed by atoms with Crippen LogP contribution in [-0.4, -0.2) is 18.1 Å². The molecule has 0 saturated carbocycles. The molecule has 0 aliphatic heterocycles. The molecule has 0 fully saturated rings. The van der Waals surface area contributed by atoms with Gasteiger partial charge < -0.3 is 15.8 Å². The van der Waals surface area contributed by atoms with Gasteiger partial charge in [0.05, 0.1) is 5.02 Å². The van der Waals surface area contributed by atoms with Gasteiger partial charge in [-0.05, 0) is 30.7 Å². The highest BCUT2D eigenvalue weighted by Crippen LogP contribution is 2.24. The third-order valence-electron chi connectivity index (χ3n) is 3.28. The number of hydrogen-bond acceptors (Lipinski definition) is 3. The molecule has 0 aliphatic carbocycles. The molecule has 0 unspecified atom stereocenters. The number of nitrogens with zero attached hydrogens (tertiary/aromatic N) is 2. The first kappa shape index (κ1) is 15.2. The normalized spacial score (nSPS) is 11.5. The van der Waals surface area contributed by atoms with Crippen molar-refractivity contribution in [3.63, 3.8) is 0 Å². The van der Waals surface area contributed by atoms with Gasteiger partial charge in [0.15, 0.2) is 5.84 Å². The van der Waals surface area contributed by atoms with Crippen LogP contribution in [0.3, 0.4) is 0 Å². The molecule has 0 saturated heterocycles. The lowest BCUT2D eigenvalue weighted by Crippen LogP contribution is -2.18. The Hall–Kier alpha value is -2.20. The predicted octanol–water partition coefficient (Wildman–Crippen LogP) is 3.38. The molecule has 3 N–H and O–H groups in total. The largest absolute Gasteiger partial charge is 0.409 e. The zero-order valence-corrected chi connectivity index (χ0v) is 12.8. The van der Waals surface area contributed by atoms with E-state index in [0.29, 0.717) is 10.6 Å². The average molecular weight is 304 g/mol. The molecule has 0 spiro atoms. The van der Waals surface area contributed by atoms with Crippen LogP contribution in [0.1, 0.15) is 16.7 Å². The quantitative estimate of drug-likeness (QED) is 0.394. The van der Waals surface area contributed by atoms with Crippen molar-refractivity contribution in [3.05, 3.63) is 64.2 Å². The summed E-state index contributed by atoms with van der Waals surface area (Å²) in [5.41, 5.74) is 9.52. The van der Waals surface area contributed by atoms with Gasteiger partial charge >= 0.3 is 0 Å². The molecule has 0 heterocycles. The van der Waals surface area contributed by atoms with Crippen molar-refractivity contribution < 1.29 is 5.21 Å². The summed E-state index contributed by atoms with van der Waals surface area (Å²) in [6, 6.07) is 13.8. The molecule has 0 amide bonds. The second-order valence-corrected chi connectivity index (χ2v) is 5.40.